The summed E-state index contributed by atoms with van der Waals surface area (Å²) in [5.74, 6) is -1.76. The molecule has 2 rings (SSSR count). The predicted molar refractivity (Wildman–Crippen MR) is 74.9 cm³/mol. The van der Waals surface area contributed by atoms with Crippen LogP contribution in [0, 0.1) is 5.82 Å². The smallest absolute Gasteiger partial charge is 0.335 e. The number of aromatic carboxylic acids is 1. The highest BCUT2D eigenvalue weighted by Crippen LogP contribution is 2.21. The molecule has 0 aliphatic rings. The van der Waals surface area contributed by atoms with Crippen molar-refractivity contribution in [1.29, 1.82) is 0 Å². The van der Waals surface area contributed by atoms with E-state index >= 15 is 0 Å². The lowest BCUT2D eigenvalue weighted by Gasteiger charge is -2.06. The largest absolute Gasteiger partial charge is 0.478 e. The van der Waals surface area contributed by atoms with E-state index < -0.39 is 22.6 Å². The highest BCUT2D eigenvalue weighted by Gasteiger charge is 2.13. The number of benzene rings is 2. The minimum Gasteiger partial charge on any atom is -0.478 e. The van der Waals surface area contributed by atoms with E-state index in [2.05, 4.69) is 0 Å². The second-order valence-corrected chi connectivity index (χ2v) is 5.89. The molecular weight excluding hydrogens is 303 g/mol. The summed E-state index contributed by atoms with van der Waals surface area (Å²) >= 11 is 5.66. The van der Waals surface area contributed by atoms with Crippen molar-refractivity contribution in [3.8, 4) is 0 Å². The van der Waals surface area contributed by atoms with Gasteiger partial charge in [-0.05, 0) is 24.3 Å². The molecule has 0 heterocycles. The Morgan fingerprint density at radius 3 is 2.65 bits per heavy atom. The number of carboxylic acid groups (broad SMARTS) is 1. The molecule has 3 nitrogen and oxygen atoms in total. The Labute approximate surface area is 122 Å². The molecule has 2 aromatic carbocycles. The topological polar surface area (TPSA) is 54.4 Å². The van der Waals surface area contributed by atoms with Crippen LogP contribution in [0.25, 0.3) is 0 Å². The lowest BCUT2D eigenvalue weighted by atomic mass is 10.2. The molecule has 1 unspecified atom stereocenters. The van der Waals surface area contributed by atoms with E-state index in [1.54, 1.807) is 12.1 Å². The van der Waals surface area contributed by atoms with Crippen LogP contribution >= 0.6 is 11.6 Å². The van der Waals surface area contributed by atoms with Gasteiger partial charge in [0, 0.05) is 10.5 Å². The van der Waals surface area contributed by atoms with Crippen molar-refractivity contribution in [2.24, 2.45) is 0 Å². The van der Waals surface area contributed by atoms with Gasteiger partial charge in [0.25, 0.3) is 0 Å². The molecule has 0 amide bonds. The van der Waals surface area contributed by atoms with Crippen molar-refractivity contribution >= 4 is 28.4 Å². The van der Waals surface area contributed by atoms with Gasteiger partial charge in [-0.1, -0.05) is 29.8 Å². The Kier molecular flexibility index (Phi) is 4.52. The minimum atomic E-state index is -1.54. The Morgan fingerprint density at radius 1 is 1.25 bits per heavy atom. The van der Waals surface area contributed by atoms with E-state index in [9.17, 15) is 13.4 Å². The molecule has 1 N–H and O–H groups in total. The molecule has 0 aromatic heterocycles. The maximum atomic E-state index is 13.7. The second-order valence-electron chi connectivity index (χ2n) is 4.04. The zero-order chi connectivity index (χ0) is 14.7. The van der Waals surface area contributed by atoms with Crippen LogP contribution in [-0.4, -0.2) is 15.3 Å². The highest BCUT2D eigenvalue weighted by molar-refractivity contribution is 7.84. The van der Waals surface area contributed by atoms with Gasteiger partial charge in [-0.2, -0.15) is 0 Å². The van der Waals surface area contributed by atoms with Crippen LogP contribution in [0.3, 0.4) is 0 Å². The van der Waals surface area contributed by atoms with Crippen LogP contribution in [0.1, 0.15) is 15.9 Å². The molecule has 104 valence electrons. The van der Waals surface area contributed by atoms with E-state index in [1.807, 2.05) is 0 Å². The third-order valence-electron chi connectivity index (χ3n) is 2.66. The van der Waals surface area contributed by atoms with Gasteiger partial charge in [0.05, 0.1) is 27.1 Å². The van der Waals surface area contributed by atoms with Crippen LogP contribution in [0.5, 0.6) is 0 Å². The first-order valence-corrected chi connectivity index (χ1v) is 7.33. The van der Waals surface area contributed by atoms with Crippen molar-refractivity contribution in [2.75, 3.05) is 0 Å². The molecule has 0 saturated carbocycles. The van der Waals surface area contributed by atoms with Crippen LogP contribution in [-0.2, 0) is 16.6 Å². The SMILES string of the molecule is O=C(O)c1cccc(S(=O)Cc2cccc(Cl)c2F)c1. The first-order valence-electron chi connectivity index (χ1n) is 5.63. The summed E-state index contributed by atoms with van der Waals surface area (Å²) in [5.41, 5.74) is 0.277. The number of hydrogen-bond acceptors (Lipinski definition) is 2. The zero-order valence-electron chi connectivity index (χ0n) is 10.2. The molecule has 2 aromatic rings. The summed E-state index contributed by atoms with van der Waals surface area (Å²) in [7, 11) is -1.54. The van der Waals surface area contributed by atoms with Gasteiger partial charge in [0.2, 0.25) is 0 Å². The van der Waals surface area contributed by atoms with E-state index in [0.29, 0.717) is 4.90 Å². The van der Waals surface area contributed by atoms with E-state index in [-0.39, 0.29) is 21.9 Å². The van der Waals surface area contributed by atoms with Gasteiger partial charge >= 0.3 is 5.97 Å². The molecule has 6 heteroatoms. The Balaban J connectivity index is 2.26. The van der Waals surface area contributed by atoms with E-state index in [1.165, 1.54) is 30.3 Å². The van der Waals surface area contributed by atoms with Gasteiger partial charge in [0.1, 0.15) is 5.82 Å². The summed E-state index contributed by atoms with van der Waals surface area (Å²) in [6.07, 6.45) is 0. The standard InChI is InChI=1S/C14H10ClFO3S/c15-12-6-2-4-10(13(12)16)8-20(19)11-5-1-3-9(7-11)14(17)18/h1-7H,8H2,(H,17,18). The van der Waals surface area contributed by atoms with Gasteiger partial charge in [0.15, 0.2) is 0 Å². The normalized spacial score (nSPS) is 12.1. The van der Waals surface area contributed by atoms with Crippen LogP contribution in [0.2, 0.25) is 5.02 Å². The number of carboxylic acids is 1. The zero-order valence-corrected chi connectivity index (χ0v) is 11.7. The molecule has 20 heavy (non-hydrogen) atoms. The molecule has 0 saturated heterocycles. The van der Waals surface area contributed by atoms with Crippen molar-refractivity contribution in [2.45, 2.75) is 10.6 Å². The Morgan fingerprint density at radius 2 is 1.95 bits per heavy atom. The highest BCUT2D eigenvalue weighted by atomic mass is 35.5. The van der Waals surface area contributed by atoms with Gasteiger partial charge < -0.3 is 5.11 Å². The second kappa shape index (κ2) is 6.15. The summed E-state index contributed by atoms with van der Waals surface area (Å²) in [6.45, 7) is 0. The number of rotatable bonds is 4. The maximum Gasteiger partial charge on any atom is 0.335 e. The van der Waals surface area contributed by atoms with Crippen LogP contribution < -0.4 is 0 Å². The minimum absolute atomic E-state index is 0.0289. The predicted octanol–water partition coefficient (Wildman–Crippen LogP) is 3.49. The van der Waals surface area contributed by atoms with Crippen LogP contribution in [0.4, 0.5) is 4.39 Å². The fraction of sp³-hybridized carbons (Fsp3) is 0.0714. The van der Waals surface area contributed by atoms with Gasteiger partial charge in [-0.25, -0.2) is 9.18 Å². The monoisotopic (exact) mass is 312 g/mol. The molecule has 0 bridgehead atoms. The quantitative estimate of drug-likeness (QED) is 0.940. The number of carbonyl (C=O) groups is 1. The Bertz CT molecular complexity index is 688. The molecule has 0 radical (unpaired) electrons. The average Bonchev–Trinajstić information content (AvgIpc) is 2.44. The Hall–Kier alpha value is -1.72. The molecule has 1 atom stereocenters. The lowest BCUT2D eigenvalue weighted by Crippen LogP contribution is -2.02. The number of halogens is 2. The summed E-state index contributed by atoms with van der Waals surface area (Å²) < 4.78 is 25.9. The van der Waals surface area contributed by atoms with E-state index in [4.69, 9.17) is 16.7 Å². The lowest BCUT2D eigenvalue weighted by molar-refractivity contribution is 0.0696. The summed E-state index contributed by atoms with van der Waals surface area (Å²) in [6, 6.07) is 10.3. The molecule has 0 fully saturated rings. The van der Waals surface area contributed by atoms with Crippen molar-refractivity contribution in [3.05, 3.63) is 64.4 Å². The van der Waals surface area contributed by atoms with Gasteiger partial charge in [-0.15, -0.1) is 0 Å². The third kappa shape index (κ3) is 3.23. The maximum absolute atomic E-state index is 13.7. The first kappa shape index (κ1) is 14.7. The number of hydrogen-bond donors (Lipinski definition) is 1. The van der Waals surface area contributed by atoms with Gasteiger partial charge in [-0.3, -0.25) is 4.21 Å². The average molecular weight is 313 g/mol. The first-order chi connectivity index (χ1) is 9.49. The molecule has 0 aliphatic carbocycles. The molecule has 0 aliphatic heterocycles. The van der Waals surface area contributed by atoms with Crippen LogP contribution in [0.15, 0.2) is 47.4 Å². The third-order valence-corrected chi connectivity index (χ3v) is 4.31. The summed E-state index contributed by atoms with van der Waals surface area (Å²) in [5, 5.41) is 8.86. The van der Waals surface area contributed by atoms with Crippen molar-refractivity contribution < 1.29 is 18.5 Å². The van der Waals surface area contributed by atoms with E-state index in [0.717, 1.165) is 0 Å². The molecule has 0 spiro atoms. The fourth-order valence-corrected chi connectivity index (χ4v) is 3.01. The molecular formula is C14H10ClFO3S. The fourth-order valence-electron chi connectivity index (χ4n) is 1.66. The van der Waals surface area contributed by atoms with Crippen molar-refractivity contribution in [3.63, 3.8) is 0 Å². The van der Waals surface area contributed by atoms with Crippen molar-refractivity contribution in [1.82, 2.24) is 0 Å². The summed E-state index contributed by atoms with van der Waals surface area (Å²) in [4.78, 5) is 11.2.